The quantitative estimate of drug-likeness (QED) is 0.419. The Morgan fingerprint density at radius 2 is 1.15 bits per heavy atom. The molecule has 0 saturated heterocycles. The highest BCUT2D eigenvalue weighted by Crippen LogP contribution is 2.14. The first-order chi connectivity index (χ1) is 9.40. The Morgan fingerprint density at radius 1 is 0.800 bits per heavy atom. The molecule has 0 spiro atoms. The monoisotopic (exact) mass is 406 g/mol. The Balaban J connectivity index is 0.000000200. The maximum atomic E-state index is 10.1. The number of hydrogen-bond acceptors (Lipinski definition) is 4. The molecule has 2 rings (SSSR count). The third-order valence-electron chi connectivity index (χ3n) is 2.07. The Hall–Kier alpha value is -1.74. The van der Waals surface area contributed by atoms with Crippen molar-refractivity contribution in [2.75, 3.05) is 0 Å². The molecule has 0 unspecified atom stereocenters. The molecule has 2 aromatic rings. The van der Waals surface area contributed by atoms with E-state index in [1.165, 1.54) is 36.4 Å². The summed E-state index contributed by atoms with van der Waals surface area (Å²) in [6.45, 7) is 0. The number of nitrogens with zero attached hydrogens (tertiary/aromatic N) is 2. The van der Waals surface area contributed by atoms with Gasteiger partial charge in [-0.1, -0.05) is 11.6 Å². The van der Waals surface area contributed by atoms with Crippen molar-refractivity contribution < 1.29 is 9.85 Å². The number of halogens is 2. The number of benzene rings is 2. The zero-order valence-corrected chi connectivity index (χ0v) is 12.8. The fourth-order valence-electron chi connectivity index (χ4n) is 1.13. The van der Waals surface area contributed by atoms with Gasteiger partial charge in [-0.3, -0.25) is 20.2 Å². The molecule has 0 saturated carbocycles. The van der Waals surface area contributed by atoms with Crippen molar-refractivity contribution in [2.24, 2.45) is 0 Å². The van der Waals surface area contributed by atoms with Crippen LogP contribution in [0.2, 0.25) is 5.02 Å². The van der Waals surface area contributed by atoms with E-state index in [0.717, 1.165) is 3.57 Å². The third kappa shape index (κ3) is 5.49. The lowest BCUT2D eigenvalue weighted by Crippen LogP contribution is -1.86. The van der Waals surface area contributed by atoms with E-state index in [4.69, 9.17) is 11.6 Å². The van der Waals surface area contributed by atoms with Crippen LogP contribution in [0.3, 0.4) is 0 Å². The zero-order valence-electron chi connectivity index (χ0n) is 9.90. The van der Waals surface area contributed by atoms with Crippen molar-refractivity contribution in [1.29, 1.82) is 0 Å². The van der Waals surface area contributed by atoms with Crippen LogP contribution in [-0.2, 0) is 0 Å². The fraction of sp³-hybridized carbons (Fsp3) is 0. The van der Waals surface area contributed by atoms with Crippen LogP contribution >= 0.6 is 34.2 Å². The molecule has 0 heterocycles. The molecular weight excluding hydrogens is 398 g/mol. The molecule has 0 aliphatic heterocycles. The predicted molar refractivity (Wildman–Crippen MR) is 83.9 cm³/mol. The molecule has 0 aliphatic carbocycles. The molecule has 104 valence electrons. The zero-order chi connectivity index (χ0) is 15.1. The number of rotatable bonds is 2. The molecule has 0 amide bonds. The van der Waals surface area contributed by atoms with Crippen LogP contribution in [-0.4, -0.2) is 9.85 Å². The highest BCUT2D eigenvalue weighted by atomic mass is 127. The number of non-ortho nitro benzene ring substituents is 2. The number of nitro benzene ring substituents is 2. The van der Waals surface area contributed by atoms with E-state index in [0.29, 0.717) is 5.02 Å². The van der Waals surface area contributed by atoms with E-state index >= 15 is 0 Å². The Kier molecular flexibility index (Phi) is 6.32. The van der Waals surface area contributed by atoms with Gasteiger partial charge in [0.15, 0.2) is 0 Å². The fourth-order valence-corrected chi connectivity index (χ4v) is 1.61. The van der Waals surface area contributed by atoms with Crippen molar-refractivity contribution in [3.05, 3.63) is 77.4 Å². The Labute approximate surface area is 132 Å². The van der Waals surface area contributed by atoms with Gasteiger partial charge < -0.3 is 0 Å². The van der Waals surface area contributed by atoms with Gasteiger partial charge in [-0.05, 0) is 46.9 Å². The average Bonchev–Trinajstić information content (AvgIpc) is 2.40. The first kappa shape index (κ1) is 16.3. The van der Waals surface area contributed by atoms with E-state index in [1.807, 2.05) is 0 Å². The van der Waals surface area contributed by atoms with Gasteiger partial charge in [-0.25, -0.2) is 0 Å². The summed E-state index contributed by atoms with van der Waals surface area (Å²) in [5, 5.41) is 20.7. The van der Waals surface area contributed by atoms with Crippen LogP contribution in [0.5, 0.6) is 0 Å². The molecule has 0 radical (unpaired) electrons. The summed E-state index contributed by atoms with van der Waals surface area (Å²) in [6.07, 6.45) is 0. The Bertz CT molecular complexity index is 546. The smallest absolute Gasteiger partial charge is 0.258 e. The van der Waals surface area contributed by atoms with Crippen molar-refractivity contribution in [1.82, 2.24) is 0 Å². The average molecular weight is 407 g/mol. The van der Waals surface area contributed by atoms with Gasteiger partial charge in [0.05, 0.1) is 9.85 Å². The van der Waals surface area contributed by atoms with E-state index in [9.17, 15) is 20.2 Å². The topological polar surface area (TPSA) is 86.3 Å². The SMILES string of the molecule is O=[N+]([O-])c1ccc(Cl)cc1.O=[N+]([O-])c1ccc(I)cc1. The molecule has 0 fully saturated rings. The second-order valence-electron chi connectivity index (χ2n) is 3.47. The molecular formula is C12H8ClIN2O4. The highest BCUT2D eigenvalue weighted by Gasteiger charge is 2.02. The summed E-state index contributed by atoms with van der Waals surface area (Å²) in [5.74, 6) is 0. The van der Waals surface area contributed by atoms with Crippen LogP contribution in [0.4, 0.5) is 11.4 Å². The van der Waals surface area contributed by atoms with E-state index < -0.39 is 9.85 Å². The minimum atomic E-state index is -0.462. The summed E-state index contributed by atoms with van der Waals surface area (Å²) in [6, 6.07) is 12.1. The summed E-state index contributed by atoms with van der Waals surface area (Å²) >= 11 is 7.59. The molecule has 0 atom stereocenters. The lowest BCUT2D eigenvalue weighted by Gasteiger charge is -1.88. The van der Waals surface area contributed by atoms with E-state index in [-0.39, 0.29) is 11.4 Å². The lowest BCUT2D eigenvalue weighted by molar-refractivity contribution is -0.385. The maximum absolute atomic E-state index is 10.1. The number of hydrogen-bond donors (Lipinski definition) is 0. The number of nitro groups is 2. The molecule has 0 aliphatic rings. The highest BCUT2D eigenvalue weighted by molar-refractivity contribution is 14.1. The van der Waals surface area contributed by atoms with Crippen molar-refractivity contribution in [3.8, 4) is 0 Å². The van der Waals surface area contributed by atoms with E-state index in [2.05, 4.69) is 22.6 Å². The summed E-state index contributed by atoms with van der Waals surface area (Å²) in [4.78, 5) is 19.3. The summed E-state index contributed by atoms with van der Waals surface area (Å²) in [7, 11) is 0. The third-order valence-corrected chi connectivity index (χ3v) is 3.05. The molecule has 6 nitrogen and oxygen atoms in total. The van der Waals surface area contributed by atoms with Crippen LogP contribution in [0.1, 0.15) is 0 Å². The minimum Gasteiger partial charge on any atom is -0.258 e. The second-order valence-corrected chi connectivity index (χ2v) is 5.15. The molecule has 2 aromatic carbocycles. The predicted octanol–water partition coefficient (Wildman–Crippen LogP) is 4.45. The standard InChI is InChI=1S/C6H4ClNO2.C6H4INO2/c2*7-5-1-3-6(4-2-5)8(9)10/h2*1-4H. The van der Waals surface area contributed by atoms with Crippen LogP contribution in [0.15, 0.2) is 48.5 Å². The lowest BCUT2D eigenvalue weighted by atomic mass is 10.3. The van der Waals surface area contributed by atoms with Crippen molar-refractivity contribution >= 4 is 45.6 Å². The van der Waals surface area contributed by atoms with Gasteiger partial charge in [0.2, 0.25) is 0 Å². The van der Waals surface area contributed by atoms with Gasteiger partial charge in [0.1, 0.15) is 0 Å². The second kappa shape index (κ2) is 7.75. The molecule has 20 heavy (non-hydrogen) atoms. The van der Waals surface area contributed by atoms with E-state index in [1.54, 1.807) is 12.1 Å². The largest absolute Gasteiger partial charge is 0.269 e. The minimum absolute atomic E-state index is 0.0596. The van der Waals surface area contributed by atoms with Crippen molar-refractivity contribution in [3.63, 3.8) is 0 Å². The van der Waals surface area contributed by atoms with Gasteiger partial charge in [0.25, 0.3) is 11.4 Å². The normalized spacial score (nSPS) is 9.30. The van der Waals surface area contributed by atoms with Gasteiger partial charge in [-0.15, -0.1) is 0 Å². The Morgan fingerprint density at radius 3 is 1.50 bits per heavy atom. The molecule has 0 aromatic heterocycles. The van der Waals surface area contributed by atoms with Crippen LogP contribution in [0.25, 0.3) is 0 Å². The van der Waals surface area contributed by atoms with Crippen LogP contribution < -0.4 is 0 Å². The molecule has 0 N–H and O–H groups in total. The van der Waals surface area contributed by atoms with Gasteiger partial charge in [-0.2, -0.15) is 0 Å². The molecule has 8 heteroatoms. The summed E-state index contributed by atoms with van der Waals surface area (Å²) < 4.78 is 1.00. The van der Waals surface area contributed by atoms with Gasteiger partial charge >= 0.3 is 0 Å². The first-order valence-electron chi connectivity index (χ1n) is 5.20. The summed E-state index contributed by atoms with van der Waals surface area (Å²) in [5.41, 5.74) is 0.199. The molecule has 0 bridgehead atoms. The van der Waals surface area contributed by atoms with Crippen LogP contribution in [0, 0.1) is 23.8 Å². The van der Waals surface area contributed by atoms with Crippen molar-refractivity contribution in [2.45, 2.75) is 0 Å². The van der Waals surface area contributed by atoms with Gasteiger partial charge in [0, 0.05) is 32.9 Å². The first-order valence-corrected chi connectivity index (χ1v) is 6.65. The maximum Gasteiger partial charge on any atom is 0.269 e.